The van der Waals surface area contributed by atoms with Gasteiger partial charge in [0.1, 0.15) is 16.7 Å². The molecule has 2 aromatic carbocycles. The van der Waals surface area contributed by atoms with E-state index >= 15 is 0 Å². The summed E-state index contributed by atoms with van der Waals surface area (Å²) in [5.74, 6) is 0.963. The standard InChI is InChI=1S/C20H18N2O4S2/c1-3-26-14-7-8-15-16(10-14)27-20(21-15)28-17-11-18(23)22(19(17)24)12-5-4-6-13(9-12)25-2/h4-10,17H,3,11H2,1-2H3/t17-/m0/s1. The van der Waals surface area contributed by atoms with Crippen LogP contribution in [0.1, 0.15) is 13.3 Å². The Morgan fingerprint density at radius 3 is 2.86 bits per heavy atom. The van der Waals surface area contributed by atoms with Crippen molar-refractivity contribution in [2.45, 2.75) is 22.9 Å². The largest absolute Gasteiger partial charge is 0.497 e. The number of hydrogen-bond donors (Lipinski definition) is 0. The molecule has 144 valence electrons. The number of amides is 2. The molecule has 0 unspecified atom stereocenters. The first-order chi connectivity index (χ1) is 13.6. The fourth-order valence-corrected chi connectivity index (χ4v) is 5.39. The van der Waals surface area contributed by atoms with Crippen LogP contribution in [-0.2, 0) is 9.59 Å². The molecule has 2 amide bonds. The number of ether oxygens (including phenoxy) is 2. The Hall–Kier alpha value is -2.58. The number of thiazole rings is 1. The van der Waals surface area contributed by atoms with Crippen molar-refractivity contribution < 1.29 is 19.1 Å². The number of carbonyl (C=O) groups is 2. The van der Waals surface area contributed by atoms with Crippen molar-refractivity contribution in [3.05, 3.63) is 42.5 Å². The topological polar surface area (TPSA) is 68.7 Å². The van der Waals surface area contributed by atoms with E-state index in [4.69, 9.17) is 9.47 Å². The van der Waals surface area contributed by atoms with Crippen LogP contribution in [0.2, 0.25) is 0 Å². The lowest BCUT2D eigenvalue weighted by molar-refractivity contribution is -0.121. The van der Waals surface area contributed by atoms with Crippen molar-refractivity contribution >= 4 is 50.8 Å². The van der Waals surface area contributed by atoms with Crippen LogP contribution in [0.4, 0.5) is 5.69 Å². The van der Waals surface area contributed by atoms with Gasteiger partial charge in [0.2, 0.25) is 11.8 Å². The summed E-state index contributed by atoms with van der Waals surface area (Å²) in [4.78, 5) is 31.2. The Morgan fingerprint density at radius 1 is 1.21 bits per heavy atom. The molecule has 2 heterocycles. The summed E-state index contributed by atoms with van der Waals surface area (Å²) in [5.41, 5.74) is 1.39. The Labute approximate surface area is 170 Å². The molecule has 8 heteroatoms. The number of anilines is 1. The molecule has 1 saturated heterocycles. The number of imide groups is 1. The van der Waals surface area contributed by atoms with E-state index in [0.717, 1.165) is 20.3 Å². The minimum absolute atomic E-state index is 0.154. The number of methoxy groups -OCH3 is 1. The number of fused-ring (bicyclic) bond motifs is 1. The fourth-order valence-electron chi connectivity index (χ4n) is 3.03. The molecule has 0 radical (unpaired) electrons. The van der Waals surface area contributed by atoms with Crippen LogP contribution in [-0.4, -0.2) is 35.8 Å². The van der Waals surface area contributed by atoms with Crippen LogP contribution < -0.4 is 14.4 Å². The quantitative estimate of drug-likeness (QED) is 0.565. The van der Waals surface area contributed by atoms with E-state index in [1.54, 1.807) is 31.4 Å². The molecule has 1 aliphatic heterocycles. The Balaban J connectivity index is 1.54. The lowest BCUT2D eigenvalue weighted by Gasteiger charge is -2.15. The van der Waals surface area contributed by atoms with Crippen LogP contribution >= 0.6 is 23.1 Å². The molecule has 1 fully saturated rings. The summed E-state index contributed by atoms with van der Waals surface area (Å²) >= 11 is 2.84. The number of aromatic nitrogens is 1. The van der Waals surface area contributed by atoms with Gasteiger partial charge in [-0.2, -0.15) is 0 Å². The van der Waals surface area contributed by atoms with Crippen LogP contribution in [0.5, 0.6) is 11.5 Å². The molecule has 28 heavy (non-hydrogen) atoms. The lowest BCUT2D eigenvalue weighted by atomic mass is 10.3. The van der Waals surface area contributed by atoms with E-state index in [9.17, 15) is 9.59 Å². The second kappa shape index (κ2) is 7.81. The average Bonchev–Trinajstić information content (AvgIpc) is 3.21. The molecule has 1 aromatic heterocycles. The Morgan fingerprint density at radius 2 is 2.07 bits per heavy atom. The highest BCUT2D eigenvalue weighted by Crippen LogP contribution is 2.38. The molecule has 1 atom stereocenters. The highest BCUT2D eigenvalue weighted by Gasteiger charge is 2.40. The van der Waals surface area contributed by atoms with E-state index in [0.29, 0.717) is 18.0 Å². The summed E-state index contributed by atoms with van der Waals surface area (Å²) in [6.45, 7) is 2.54. The molecule has 1 aliphatic rings. The van der Waals surface area contributed by atoms with Gasteiger partial charge in [0.15, 0.2) is 4.34 Å². The number of benzene rings is 2. The number of nitrogens with zero attached hydrogens (tertiary/aromatic N) is 2. The fraction of sp³-hybridized carbons (Fsp3) is 0.250. The van der Waals surface area contributed by atoms with Crippen LogP contribution in [0.15, 0.2) is 46.8 Å². The van der Waals surface area contributed by atoms with Gasteiger partial charge >= 0.3 is 0 Å². The smallest absolute Gasteiger partial charge is 0.247 e. The molecule has 0 aliphatic carbocycles. The van der Waals surface area contributed by atoms with Crippen molar-refractivity contribution in [3.8, 4) is 11.5 Å². The third kappa shape index (κ3) is 3.57. The maximum atomic E-state index is 12.9. The van der Waals surface area contributed by atoms with E-state index < -0.39 is 5.25 Å². The molecule has 6 nitrogen and oxygen atoms in total. The third-order valence-corrected chi connectivity index (χ3v) is 6.61. The van der Waals surface area contributed by atoms with Gasteiger partial charge in [0.05, 0.1) is 29.6 Å². The maximum absolute atomic E-state index is 12.9. The highest BCUT2D eigenvalue weighted by molar-refractivity contribution is 8.02. The maximum Gasteiger partial charge on any atom is 0.247 e. The molecule has 0 N–H and O–H groups in total. The number of carbonyl (C=O) groups excluding carboxylic acids is 2. The summed E-state index contributed by atoms with van der Waals surface area (Å²) < 4.78 is 12.5. The van der Waals surface area contributed by atoms with Gasteiger partial charge < -0.3 is 9.47 Å². The van der Waals surface area contributed by atoms with Crippen molar-refractivity contribution in [3.63, 3.8) is 0 Å². The van der Waals surface area contributed by atoms with Crippen LogP contribution in [0, 0.1) is 0 Å². The van der Waals surface area contributed by atoms with Gasteiger partial charge in [-0.15, -0.1) is 11.3 Å². The monoisotopic (exact) mass is 414 g/mol. The first kappa shape index (κ1) is 18.8. The second-order valence-corrected chi connectivity index (χ2v) is 8.60. The molecular formula is C20H18N2O4S2. The van der Waals surface area contributed by atoms with Gasteiger partial charge in [-0.1, -0.05) is 17.8 Å². The van der Waals surface area contributed by atoms with Crippen molar-refractivity contribution in [1.29, 1.82) is 0 Å². The van der Waals surface area contributed by atoms with Crippen molar-refractivity contribution in [2.75, 3.05) is 18.6 Å². The predicted molar refractivity (Wildman–Crippen MR) is 111 cm³/mol. The zero-order valence-electron chi connectivity index (χ0n) is 15.4. The molecule has 0 spiro atoms. The van der Waals surface area contributed by atoms with Gasteiger partial charge in [-0.05, 0) is 37.3 Å². The lowest BCUT2D eigenvalue weighted by Crippen LogP contribution is -2.31. The van der Waals surface area contributed by atoms with Crippen LogP contribution in [0.25, 0.3) is 10.2 Å². The highest BCUT2D eigenvalue weighted by atomic mass is 32.2. The van der Waals surface area contributed by atoms with E-state index in [1.807, 2.05) is 25.1 Å². The third-order valence-electron chi connectivity index (χ3n) is 4.31. The zero-order valence-corrected chi connectivity index (χ0v) is 17.0. The molecule has 3 aromatic rings. The van der Waals surface area contributed by atoms with Crippen molar-refractivity contribution in [1.82, 2.24) is 4.98 Å². The van der Waals surface area contributed by atoms with Gasteiger partial charge in [-0.25, -0.2) is 9.88 Å². The Kier molecular flexibility index (Phi) is 5.23. The van der Waals surface area contributed by atoms with E-state index in [1.165, 1.54) is 28.0 Å². The summed E-state index contributed by atoms with van der Waals surface area (Å²) in [5, 5.41) is -0.481. The predicted octanol–water partition coefficient (Wildman–Crippen LogP) is 4.13. The zero-order chi connectivity index (χ0) is 19.7. The number of rotatable bonds is 6. The summed E-state index contributed by atoms with van der Waals surface area (Å²) in [6.07, 6.45) is 0.154. The molecule has 0 saturated carbocycles. The average molecular weight is 415 g/mol. The summed E-state index contributed by atoms with van der Waals surface area (Å²) in [7, 11) is 1.55. The minimum atomic E-state index is -0.481. The van der Waals surface area contributed by atoms with Crippen molar-refractivity contribution in [2.24, 2.45) is 0 Å². The normalized spacial score (nSPS) is 16.8. The number of thioether (sulfide) groups is 1. The first-order valence-electron chi connectivity index (χ1n) is 8.80. The first-order valence-corrected chi connectivity index (χ1v) is 10.5. The number of hydrogen-bond acceptors (Lipinski definition) is 7. The summed E-state index contributed by atoms with van der Waals surface area (Å²) in [6, 6.07) is 12.7. The molecular weight excluding hydrogens is 396 g/mol. The van der Waals surface area contributed by atoms with Gasteiger partial charge in [0, 0.05) is 12.5 Å². The molecule has 0 bridgehead atoms. The minimum Gasteiger partial charge on any atom is -0.497 e. The van der Waals surface area contributed by atoms with E-state index in [-0.39, 0.29) is 18.2 Å². The molecule has 4 rings (SSSR count). The second-order valence-electron chi connectivity index (χ2n) is 6.12. The van der Waals surface area contributed by atoms with E-state index in [2.05, 4.69) is 4.98 Å². The van der Waals surface area contributed by atoms with Crippen LogP contribution in [0.3, 0.4) is 0 Å². The Bertz CT molecular complexity index is 1050. The van der Waals surface area contributed by atoms with Gasteiger partial charge in [-0.3, -0.25) is 9.59 Å². The SMILES string of the molecule is CCOc1ccc2nc(S[C@H]3CC(=O)N(c4cccc(OC)c4)C3=O)sc2c1. The van der Waals surface area contributed by atoms with Gasteiger partial charge in [0.25, 0.3) is 0 Å².